The Morgan fingerprint density at radius 2 is 1.86 bits per heavy atom. The first-order chi connectivity index (χ1) is 24.1. The fourth-order valence-electron chi connectivity index (χ4n) is 8.15. The molecule has 1 amide bonds. The first kappa shape index (κ1) is 33.0. The molecule has 1 fully saturated rings. The van der Waals surface area contributed by atoms with E-state index in [0.29, 0.717) is 45.7 Å². The number of hydrogen-bond donors (Lipinski definition) is 3. The topological polar surface area (TPSA) is 154 Å². The second-order valence-corrected chi connectivity index (χ2v) is 13.0. The van der Waals surface area contributed by atoms with Crippen LogP contribution in [0, 0.1) is 25.2 Å². The van der Waals surface area contributed by atoms with Gasteiger partial charge in [0, 0.05) is 47.0 Å². The summed E-state index contributed by atoms with van der Waals surface area (Å²) in [6.45, 7) is 7.06. The zero-order valence-electron chi connectivity index (χ0n) is 28.0. The van der Waals surface area contributed by atoms with Gasteiger partial charge in [0.1, 0.15) is 18.4 Å². The molecule has 2 bridgehead atoms. The normalized spacial score (nSPS) is 23.3. The molecule has 12 heteroatoms. The molecule has 3 aromatic rings. The lowest BCUT2D eigenvalue weighted by Gasteiger charge is -2.60. The van der Waals surface area contributed by atoms with Gasteiger partial charge in [-0.1, -0.05) is 49.1 Å². The van der Waals surface area contributed by atoms with Crippen molar-refractivity contribution >= 4 is 18.1 Å². The van der Waals surface area contributed by atoms with Crippen molar-refractivity contribution < 1.29 is 38.7 Å². The largest absolute Gasteiger partial charge is 0.514 e. The lowest BCUT2D eigenvalue weighted by molar-refractivity contribution is -0.117. The van der Waals surface area contributed by atoms with Crippen LogP contribution in [-0.4, -0.2) is 77.2 Å². The Morgan fingerprint density at radius 1 is 1.10 bits per heavy atom. The number of benzene rings is 3. The monoisotopic (exact) mass is 678 g/mol. The maximum absolute atomic E-state index is 13.3. The molecular weight excluding hydrogens is 640 g/mol. The molecule has 4 heterocycles. The highest BCUT2D eigenvalue weighted by Gasteiger charge is 2.56. The Labute approximate surface area is 289 Å². The summed E-state index contributed by atoms with van der Waals surface area (Å²) in [5, 5.41) is 36.2. The van der Waals surface area contributed by atoms with E-state index in [9.17, 15) is 25.1 Å². The predicted molar refractivity (Wildman–Crippen MR) is 182 cm³/mol. The number of nitriles is 1. The average molecular weight is 679 g/mol. The third-order valence-electron chi connectivity index (χ3n) is 10.3. The molecule has 0 aromatic heterocycles. The summed E-state index contributed by atoms with van der Waals surface area (Å²) >= 11 is 0. The van der Waals surface area contributed by atoms with E-state index in [2.05, 4.69) is 27.8 Å². The minimum atomic E-state index is -0.927. The number of nitrogens with one attached hydrogen (secondary N) is 1. The summed E-state index contributed by atoms with van der Waals surface area (Å²) in [5.74, 6) is 0.374. The van der Waals surface area contributed by atoms with E-state index in [1.165, 1.54) is 12.2 Å². The lowest BCUT2D eigenvalue weighted by Crippen LogP contribution is -2.68. The van der Waals surface area contributed by atoms with Crippen molar-refractivity contribution in [1.29, 1.82) is 5.26 Å². The average Bonchev–Trinajstić information content (AvgIpc) is 3.61. The number of amides is 1. The fraction of sp³-hybridized carbons (Fsp3) is 0.342. The minimum absolute atomic E-state index is 0.0523. The second kappa shape index (κ2) is 13.1. The van der Waals surface area contributed by atoms with Crippen LogP contribution in [-0.2, 0) is 22.4 Å². The zero-order chi connectivity index (χ0) is 35.3. The van der Waals surface area contributed by atoms with E-state index in [-0.39, 0.29) is 55.6 Å². The van der Waals surface area contributed by atoms with Crippen molar-refractivity contribution in [1.82, 2.24) is 15.1 Å². The summed E-state index contributed by atoms with van der Waals surface area (Å²) in [6.07, 6.45) is 4.41. The van der Waals surface area contributed by atoms with E-state index in [1.54, 1.807) is 19.9 Å². The molecule has 0 saturated carbocycles. The van der Waals surface area contributed by atoms with Gasteiger partial charge in [-0.05, 0) is 56.5 Å². The summed E-state index contributed by atoms with van der Waals surface area (Å²) in [6, 6.07) is 11.4. The van der Waals surface area contributed by atoms with Crippen LogP contribution in [0.25, 0.3) is 6.08 Å². The quantitative estimate of drug-likeness (QED) is 0.104. The molecule has 258 valence electrons. The van der Waals surface area contributed by atoms with Crippen molar-refractivity contribution in [2.45, 2.75) is 56.9 Å². The number of piperazine rings is 1. The number of nitrogens with zero attached hydrogens (tertiary/aromatic N) is 3. The van der Waals surface area contributed by atoms with E-state index < -0.39 is 30.3 Å². The van der Waals surface area contributed by atoms with E-state index in [1.807, 2.05) is 43.4 Å². The number of aromatic hydroxyl groups is 2. The number of fused-ring (bicyclic) bond motifs is 9. The smallest absolute Gasteiger partial charge is 0.504 e. The molecule has 7 rings (SSSR count). The van der Waals surface area contributed by atoms with E-state index in [4.69, 9.17) is 18.9 Å². The standard InChI is InChI=1S/C38H38N4O8/c1-5-13-47-38(46)50-35-21(3)36-37(49-19-48-36)31-24(35)16-26-32-30-23(14-20(2)33(44)34(30)45)15-25(41(32)4)27(17-39)42(26)28(31)18-40-29(43)12-11-22-9-7-6-8-10-22/h5-12,14,25-28,32,44-45H,1,13,15-16,18-19H2,2-4H3,(H,40,43)/b12-11+/t25-,26?,27+,28+,32-/m1/s1. The van der Waals surface area contributed by atoms with Crippen LogP contribution in [0.2, 0.25) is 0 Å². The Kier molecular flexibility index (Phi) is 8.63. The number of hydrogen-bond acceptors (Lipinski definition) is 11. The third kappa shape index (κ3) is 5.39. The number of likely N-dealkylation sites (N-methyl/N-ethyl adjacent to an activating group) is 1. The Balaban J connectivity index is 1.38. The van der Waals surface area contributed by atoms with Crippen molar-refractivity contribution in [3.63, 3.8) is 0 Å². The van der Waals surface area contributed by atoms with Gasteiger partial charge in [-0.2, -0.15) is 5.26 Å². The summed E-state index contributed by atoms with van der Waals surface area (Å²) in [5.41, 5.74) is 4.66. The molecule has 50 heavy (non-hydrogen) atoms. The van der Waals surface area contributed by atoms with Gasteiger partial charge in [-0.3, -0.25) is 14.6 Å². The summed E-state index contributed by atoms with van der Waals surface area (Å²) < 4.78 is 23.1. The van der Waals surface area contributed by atoms with Gasteiger partial charge in [0.15, 0.2) is 23.0 Å². The molecular formula is C38H38N4O8. The number of rotatable bonds is 7. The zero-order valence-corrected chi connectivity index (χ0v) is 28.0. The van der Waals surface area contributed by atoms with Crippen molar-refractivity contribution in [2.75, 3.05) is 27.0 Å². The Bertz CT molecular complexity index is 1950. The molecule has 3 aromatic carbocycles. The fourth-order valence-corrected chi connectivity index (χ4v) is 8.15. The molecule has 1 saturated heterocycles. The highest BCUT2D eigenvalue weighted by Crippen LogP contribution is 2.58. The highest BCUT2D eigenvalue weighted by atomic mass is 16.7. The van der Waals surface area contributed by atoms with E-state index in [0.717, 1.165) is 11.1 Å². The first-order valence-electron chi connectivity index (χ1n) is 16.5. The van der Waals surface area contributed by atoms with Gasteiger partial charge >= 0.3 is 6.16 Å². The van der Waals surface area contributed by atoms with Gasteiger partial charge < -0.3 is 34.5 Å². The van der Waals surface area contributed by atoms with Crippen molar-refractivity contribution in [3.05, 3.63) is 94.1 Å². The van der Waals surface area contributed by atoms with Gasteiger partial charge in [0.05, 0.1) is 18.2 Å². The summed E-state index contributed by atoms with van der Waals surface area (Å²) in [4.78, 5) is 30.4. The van der Waals surface area contributed by atoms with Crippen molar-refractivity contribution in [2.24, 2.45) is 0 Å². The number of aryl methyl sites for hydroxylation is 1. The second-order valence-electron chi connectivity index (χ2n) is 13.0. The molecule has 4 aliphatic rings. The molecule has 3 N–H and O–H groups in total. The number of ether oxygens (including phenoxy) is 4. The van der Waals surface area contributed by atoms with Crippen LogP contribution >= 0.6 is 0 Å². The number of phenols is 2. The molecule has 1 unspecified atom stereocenters. The third-order valence-corrected chi connectivity index (χ3v) is 10.3. The highest BCUT2D eigenvalue weighted by molar-refractivity contribution is 5.91. The van der Waals surface area contributed by atoms with Crippen LogP contribution in [0.15, 0.2) is 55.1 Å². The van der Waals surface area contributed by atoms with Crippen LogP contribution in [0.4, 0.5) is 4.79 Å². The number of carbonyl (C=O) groups excluding carboxylic acids is 2. The number of carbonyl (C=O) groups is 2. The van der Waals surface area contributed by atoms with Crippen LogP contribution in [0.3, 0.4) is 0 Å². The van der Waals surface area contributed by atoms with Crippen LogP contribution in [0.1, 0.15) is 51.0 Å². The molecule has 0 spiro atoms. The Morgan fingerprint density at radius 3 is 2.60 bits per heavy atom. The van der Waals surface area contributed by atoms with Gasteiger partial charge in [0.25, 0.3) is 0 Å². The first-order valence-corrected chi connectivity index (χ1v) is 16.5. The maximum Gasteiger partial charge on any atom is 0.514 e. The SMILES string of the molecule is C=CCOC(=O)Oc1c(C)c2c(c3c1CC1[C@@H]4c5c(cc(C)c(O)c5O)C[C@H]([C@H](C#N)N1[C@H]3CNC(=O)/C=C/c1ccccc1)N4C)OCO2. The van der Waals surface area contributed by atoms with Crippen LogP contribution in [0.5, 0.6) is 28.7 Å². The maximum atomic E-state index is 13.3. The van der Waals surface area contributed by atoms with Gasteiger partial charge in [0.2, 0.25) is 12.7 Å². The van der Waals surface area contributed by atoms with Gasteiger partial charge in [-0.25, -0.2) is 4.79 Å². The van der Waals surface area contributed by atoms with Gasteiger partial charge in [-0.15, -0.1) is 0 Å². The van der Waals surface area contributed by atoms with E-state index >= 15 is 0 Å². The molecule has 12 nitrogen and oxygen atoms in total. The predicted octanol–water partition coefficient (Wildman–Crippen LogP) is 4.75. The summed E-state index contributed by atoms with van der Waals surface area (Å²) in [7, 11) is 1.92. The van der Waals surface area contributed by atoms with Crippen LogP contribution < -0.4 is 19.5 Å². The minimum Gasteiger partial charge on any atom is -0.504 e. The molecule has 0 radical (unpaired) electrons. The number of phenolic OH excluding ortho intramolecular Hbond substituents is 2. The lowest BCUT2D eigenvalue weighted by atomic mass is 9.71. The molecule has 4 aliphatic heterocycles. The Hall–Kier alpha value is -5.51. The molecule has 0 aliphatic carbocycles. The molecule has 5 atom stereocenters. The van der Waals surface area contributed by atoms with Crippen molar-refractivity contribution in [3.8, 4) is 34.8 Å².